The number of anilines is 1. The zero-order valence-corrected chi connectivity index (χ0v) is 24.7. The van der Waals surface area contributed by atoms with Crippen molar-refractivity contribution in [3.05, 3.63) is 65.5 Å². The van der Waals surface area contributed by atoms with Gasteiger partial charge in [0.25, 0.3) is 0 Å². The number of hydrogen-bond donors (Lipinski definition) is 4. The van der Waals surface area contributed by atoms with Crippen molar-refractivity contribution in [2.24, 2.45) is 5.92 Å². The largest absolute Gasteiger partial charge is 0.456 e. The number of aromatic nitrogens is 3. The summed E-state index contributed by atoms with van der Waals surface area (Å²) in [6.45, 7) is 3.86. The SMILES string of the molecule is CC(C)[C@H](NC(=O)OCc1ccccc1)C(=O)OCc1nc2c([nH]1)c(N)nc1cccc(CCCCNS(C)(=O)=O)c12. The van der Waals surface area contributed by atoms with Crippen molar-refractivity contribution in [1.29, 1.82) is 0 Å². The monoisotopic (exact) mass is 596 g/mol. The Balaban J connectivity index is 1.43. The van der Waals surface area contributed by atoms with Crippen LogP contribution in [0.25, 0.3) is 21.9 Å². The molecule has 0 fully saturated rings. The van der Waals surface area contributed by atoms with Crippen LogP contribution in [0.15, 0.2) is 48.5 Å². The van der Waals surface area contributed by atoms with Crippen LogP contribution in [0.1, 0.15) is 43.6 Å². The maximum atomic E-state index is 12.9. The minimum atomic E-state index is -3.23. The fraction of sp³-hybridized carbons (Fsp3) is 0.379. The third-order valence-corrected chi connectivity index (χ3v) is 7.34. The lowest BCUT2D eigenvalue weighted by Gasteiger charge is -2.20. The van der Waals surface area contributed by atoms with Gasteiger partial charge < -0.3 is 25.5 Å². The second-order valence-corrected chi connectivity index (χ2v) is 12.2. The third-order valence-electron chi connectivity index (χ3n) is 6.61. The number of H-pyrrole nitrogens is 1. The molecule has 0 spiro atoms. The Hall–Kier alpha value is -4.23. The number of sulfonamides is 1. The smallest absolute Gasteiger partial charge is 0.408 e. The number of nitrogen functional groups attached to an aromatic ring is 1. The van der Waals surface area contributed by atoms with Crippen LogP contribution in [0.4, 0.5) is 10.6 Å². The van der Waals surface area contributed by atoms with Crippen LogP contribution in [0.2, 0.25) is 0 Å². The number of hydrogen-bond acceptors (Lipinski definition) is 9. The molecule has 0 radical (unpaired) electrons. The van der Waals surface area contributed by atoms with Crippen LogP contribution in [0.3, 0.4) is 0 Å². The highest BCUT2D eigenvalue weighted by molar-refractivity contribution is 7.88. The maximum Gasteiger partial charge on any atom is 0.408 e. The molecule has 0 aliphatic carbocycles. The Labute approximate surface area is 244 Å². The van der Waals surface area contributed by atoms with Crippen LogP contribution >= 0.6 is 0 Å². The molecule has 0 unspecified atom stereocenters. The Morgan fingerprint density at radius 3 is 2.48 bits per heavy atom. The summed E-state index contributed by atoms with van der Waals surface area (Å²) in [7, 11) is -3.23. The number of nitrogens with one attached hydrogen (secondary N) is 3. The number of alkyl carbamates (subject to hydrolysis) is 1. The number of benzene rings is 2. The lowest BCUT2D eigenvalue weighted by Crippen LogP contribution is -2.45. The number of carbonyl (C=O) groups excluding carboxylic acids is 2. The lowest BCUT2D eigenvalue weighted by atomic mass is 10.0. The quantitative estimate of drug-likeness (QED) is 0.133. The number of nitrogens with two attached hydrogens (primary N) is 1. The van der Waals surface area contributed by atoms with Crippen LogP contribution in [0.5, 0.6) is 0 Å². The van der Waals surface area contributed by atoms with E-state index >= 15 is 0 Å². The first-order valence-corrected chi connectivity index (χ1v) is 15.5. The molecule has 2 heterocycles. The normalized spacial score (nSPS) is 12.5. The molecule has 1 amide bonds. The first-order valence-electron chi connectivity index (χ1n) is 13.7. The van der Waals surface area contributed by atoms with E-state index in [0.29, 0.717) is 41.8 Å². The summed E-state index contributed by atoms with van der Waals surface area (Å²) < 4.78 is 35.9. The predicted molar refractivity (Wildman–Crippen MR) is 160 cm³/mol. The highest BCUT2D eigenvalue weighted by Crippen LogP contribution is 2.30. The summed E-state index contributed by atoms with van der Waals surface area (Å²) in [5.74, 6) is -0.237. The van der Waals surface area contributed by atoms with Gasteiger partial charge in [-0.2, -0.15) is 0 Å². The number of fused-ring (bicyclic) bond motifs is 3. The van der Waals surface area contributed by atoms with Gasteiger partial charge in [0.2, 0.25) is 10.0 Å². The standard InChI is InChI=1S/C29H36N6O6S/c1-18(2)24(35-29(37)41-16-19-10-5-4-6-11-19)28(36)40-17-22-33-25-23-20(12-7-8-15-31-42(3,38)39)13-9-14-21(23)32-27(30)26(25)34-22/h4-6,9-11,13-14,18,24,31H,7-8,12,15-17H2,1-3H3,(H2,30,32)(H,33,34)(H,35,37)/t24-/m0/s1. The molecule has 0 aliphatic rings. The third kappa shape index (κ3) is 8.17. The summed E-state index contributed by atoms with van der Waals surface area (Å²) in [5, 5.41) is 3.42. The Morgan fingerprint density at radius 2 is 1.76 bits per heavy atom. The molecule has 0 bridgehead atoms. The maximum absolute atomic E-state index is 12.9. The van der Waals surface area contributed by atoms with Gasteiger partial charge in [-0.05, 0) is 42.4 Å². The van der Waals surface area contributed by atoms with Gasteiger partial charge in [0.1, 0.15) is 41.9 Å². The zero-order chi connectivity index (χ0) is 30.3. The molecule has 224 valence electrons. The fourth-order valence-electron chi connectivity index (χ4n) is 4.52. The van der Waals surface area contributed by atoms with Crippen LogP contribution in [-0.4, -0.2) is 54.3 Å². The molecule has 1 atom stereocenters. The van der Waals surface area contributed by atoms with Crippen LogP contribution < -0.4 is 15.8 Å². The number of ether oxygens (including phenoxy) is 2. The van der Waals surface area contributed by atoms with Gasteiger partial charge >= 0.3 is 12.1 Å². The lowest BCUT2D eigenvalue weighted by molar-refractivity contribution is -0.148. The van der Waals surface area contributed by atoms with E-state index in [2.05, 4.69) is 25.0 Å². The van der Waals surface area contributed by atoms with Gasteiger partial charge in [-0.15, -0.1) is 0 Å². The molecule has 4 rings (SSSR count). The summed E-state index contributed by atoms with van der Waals surface area (Å²) in [6, 6.07) is 14.0. The molecule has 0 saturated carbocycles. The summed E-state index contributed by atoms with van der Waals surface area (Å²) in [4.78, 5) is 37.6. The molecule has 42 heavy (non-hydrogen) atoms. The first kappa shape index (κ1) is 30.7. The molecule has 2 aromatic carbocycles. The average molecular weight is 597 g/mol. The van der Waals surface area contributed by atoms with E-state index in [1.807, 2.05) is 48.5 Å². The number of aromatic amines is 1. The molecular formula is C29H36N6O6S. The zero-order valence-electron chi connectivity index (χ0n) is 23.8. The van der Waals surface area contributed by atoms with Gasteiger partial charge in [-0.25, -0.2) is 32.7 Å². The van der Waals surface area contributed by atoms with E-state index in [9.17, 15) is 18.0 Å². The van der Waals surface area contributed by atoms with Crippen molar-refractivity contribution in [1.82, 2.24) is 25.0 Å². The van der Waals surface area contributed by atoms with E-state index in [1.54, 1.807) is 13.8 Å². The number of unbranched alkanes of at least 4 members (excludes halogenated alkanes) is 1. The predicted octanol–water partition coefficient (Wildman–Crippen LogP) is 3.56. The number of carbonyl (C=O) groups is 2. The Bertz CT molecular complexity index is 1660. The second-order valence-electron chi connectivity index (χ2n) is 10.4. The second kappa shape index (κ2) is 13.6. The number of rotatable bonds is 13. The van der Waals surface area contributed by atoms with Gasteiger partial charge in [0, 0.05) is 11.9 Å². The first-order chi connectivity index (χ1) is 20.0. The van der Waals surface area contributed by atoms with Gasteiger partial charge in [0.15, 0.2) is 0 Å². The molecule has 13 heteroatoms. The number of aryl methyl sites for hydroxylation is 1. The van der Waals surface area contributed by atoms with Crippen molar-refractivity contribution in [3.8, 4) is 0 Å². The summed E-state index contributed by atoms with van der Waals surface area (Å²) >= 11 is 0. The number of nitrogens with zero attached hydrogens (tertiary/aromatic N) is 2. The van der Waals surface area contributed by atoms with Gasteiger partial charge in [0.05, 0.1) is 11.8 Å². The molecular weight excluding hydrogens is 560 g/mol. The molecule has 2 aromatic heterocycles. The van der Waals surface area contributed by atoms with Crippen molar-refractivity contribution >= 4 is 49.8 Å². The van der Waals surface area contributed by atoms with E-state index in [0.717, 1.165) is 29.2 Å². The summed E-state index contributed by atoms with van der Waals surface area (Å²) in [5.41, 5.74) is 9.86. The minimum absolute atomic E-state index is 0.0778. The van der Waals surface area contributed by atoms with E-state index < -0.39 is 28.1 Å². The molecule has 0 aliphatic heterocycles. The minimum Gasteiger partial charge on any atom is -0.456 e. The molecule has 12 nitrogen and oxygen atoms in total. The average Bonchev–Trinajstić information content (AvgIpc) is 3.38. The van der Waals surface area contributed by atoms with Crippen molar-refractivity contribution in [2.75, 3.05) is 18.5 Å². The number of esters is 1. The molecule has 5 N–H and O–H groups in total. The Kier molecular flexibility index (Phi) is 9.96. The van der Waals surface area contributed by atoms with Crippen molar-refractivity contribution in [2.45, 2.75) is 52.4 Å². The molecule has 0 saturated heterocycles. The Morgan fingerprint density at radius 1 is 1.00 bits per heavy atom. The highest BCUT2D eigenvalue weighted by Gasteiger charge is 2.27. The van der Waals surface area contributed by atoms with Crippen molar-refractivity contribution in [3.63, 3.8) is 0 Å². The van der Waals surface area contributed by atoms with E-state index in [4.69, 9.17) is 15.2 Å². The summed E-state index contributed by atoms with van der Waals surface area (Å²) in [6.07, 6.45) is 2.52. The topological polar surface area (TPSA) is 178 Å². The van der Waals surface area contributed by atoms with Crippen LogP contribution in [-0.2, 0) is 43.9 Å². The number of amides is 1. The molecule has 4 aromatic rings. The van der Waals surface area contributed by atoms with Crippen LogP contribution in [0, 0.1) is 5.92 Å². The van der Waals surface area contributed by atoms with Gasteiger partial charge in [-0.3, -0.25) is 0 Å². The van der Waals surface area contributed by atoms with Crippen molar-refractivity contribution < 1.29 is 27.5 Å². The van der Waals surface area contributed by atoms with E-state index in [-0.39, 0.29) is 24.9 Å². The number of imidazole rings is 1. The highest BCUT2D eigenvalue weighted by atomic mass is 32.2. The van der Waals surface area contributed by atoms with E-state index in [1.165, 1.54) is 0 Å². The fourth-order valence-corrected chi connectivity index (χ4v) is 5.04. The van der Waals surface area contributed by atoms with Gasteiger partial charge in [-0.1, -0.05) is 56.3 Å². The number of pyridine rings is 1.